The summed E-state index contributed by atoms with van der Waals surface area (Å²) in [6.07, 6.45) is 7.24. The SMILES string of the molecule is CC(C)COc1cccnc1Cn1ccnc1. The molecule has 0 bridgehead atoms. The van der Waals surface area contributed by atoms with Crippen LogP contribution in [0.2, 0.25) is 0 Å². The average molecular weight is 231 g/mol. The van der Waals surface area contributed by atoms with Gasteiger partial charge >= 0.3 is 0 Å². The molecule has 4 heteroatoms. The van der Waals surface area contributed by atoms with E-state index in [4.69, 9.17) is 4.74 Å². The second-order valence-electron chi connectivity index (χ2n) is 4.39. The van der Waals surface area contributed by atoms with Gasteiger partial charge in [0.2, 0.25) is 0 Å². The Bertz CT molecular complexity index is 451. The Morgan fingerprint density at radius 3 is 2.94 bits per heavy atom. The summed E-state index contributed by atoms with van der Waals surface area (Å²) in [5.41, 5.74) is 0.936. The van der Waals surface area contributed by atoms with Gasteiger partial charge in [-0.3, -0.25) is 4.98 Å². The second-order valence-corrected chi connectivity index (χ2v) is 4.39. The third-order valence-electron chi connectivity index (χ3n) is 2.31. The molecular weight excluding hydrogens is 214 g/mol. The van der Waals surface area contributed by atoms with Crippen molar-refractivity contribution in [2.75, 3.05) is 6.61 Å². The zero-order chi connectivity index (χ0) is 12.1. The van der Waals surface area contributed by atoms with Crippen LogP contribution < -0.4 is 4.74 Å². The minimum absolute atomic E-state index is 0.510. The monoisotopic (exact) mass is 231 g/mol. The number of imidazole rings is 1. The first-order valence-corrected chi connectivity index (χ1v) is 5.78. The quantitative estimate of drug-likeness (QED) is 0.793. The van der Waals surface area contributed by atoms with Crippen LogP contribution >= 0.6 is 0 Å². The number of nitrogens with zero attached hydrogens (tertiary/aromatic N) is 3. The van der Waals surface area contributed by atoms with Crippen LogP contribution in [0.25, 0.3) is 0 Å². The van der Waals surface area contributed by atoms with Crippen molar-refractivity contribution in [2.45, 2.75) is 20.4 Å². The zero-order valence-electron chi connectivity index (χ0n) is 10.2. The number of hydrogen-bond acceptors (Lipinski definition) is 3. The van der Waals surface area contributed by atoms with E-state index in [9.17, 15) is 0 Å². The second kappa shape index (κ2) is 5.48. The van der Waals surface area contributed by atoms with E-state index >= 15 is 0 Å². The van der Waals surface area contributed by atoms with E-state index < -0.39 is 0 Å². The molecule has 90 valence electrons. The van der Waals surface area contributed by atoms with Gasteiger partial charge in [-0.25, -0.2) is 4.98 Å². The van der Waals surface area contributed by atoms with Crippen LogP contribution in [0.5, 0.6) is 5.75 Å². The van der Waals surface area contributed by atoms with E-state index in [0.29, 0.717) is 19.1 Å². The van der Waals surface area contributed by atoms with E-state index in [1.807, 2.05) is 22.9 Å². The highest BCUT2D eigenvalue weighted by atomic mass is 16.5. The van der Waals surface area contributed by atoms with E-state index in [1.165, 1.54) is 0 Å². The summed E-state index contributed by atoms with van der Waals surface area (Å²) < 4.78 is 7.73. The first-order chi connectivity index (χ1) is 8.25. The van der Waals surface area contributed by atoms with Crippen LogP contribution in [0.4, 0.5) is 0 Å². The van der Waals surface area contributed by atoms with Crippen molar-refractivity contribution >= 4 is 0 Å². The summed E-state index contributed by atoms with van der Waals surface area (Å²) in [5.74, 6) is 1.37. The summed E-state index contributed by atoms with van der Waals surface area (Å²) >= 11 is 0. The predicted molar refractivity (Wildman–Crippen MR) is 65.9 cm³/mol. The summed E-state index contributed by atoms with van der Waals surface area (Å²) in [4.78, 5) is 8.37. The van der Waals surface area contributed by atoms with Crippen molar-refractivity contribution in [1.82, 2.24) is 14.5 Å². The molecule has 0 saturated heterocycles. The lowest BCUT2D eigenvalue weighted by molar-refractivity contribution is 0.267. The molecule has 0 saturated carbocycles. The highest BCUT2D eigenvalue weighted by Crippen LogP contribution is 2.17. The molecule has 0 aromatic carbocycles. The maximum atomic E-state index is 5.75. The van der Waals surface area contributed by atoms with E-state index in [-0.39, 0.29) is 0 Å². The van der Waals surface area contributed by atoms with E-state index in [1.54, 1.807) is 18.7 Å². The molecule has 2 aromatic rings. The van der Waals surface area contributed by atoms with Crippen molar-refractivity contribution in [2.24, 2.45) is 5.92 Å². The normalized spacial score (nSPS) is 10.8. The van der Waals surface area contributed by atoms with Gasteiger partial charge in [0, 0.05) is 18.6 Å². The van der Waals surface area contributed by atoms with Crippen molar-refractivity contribution in [3.63, 3.8) is 0 Å². The Morgan fingerprint density at radius 1 is 1.35 bits per heavy atom. The molecule has 0 fully saturated rings. The minimum atomic E-state index is 0.510. The molecule has 0 amide bonds. The van der Waals surface area contributed by atoms with Gasteiger partial charge in [0.1, 0.15) is 11.4 Å². The Morgan fingerprint density at radius 2 is 2.24 bits per heavy atom. The standard InChI is InChI=1S/C13H17N3O/c1-11(2)9-17-13-4-3-5-15-12(13)8-16-7-6-14-10-16/h3-7,10-11H,8-9H2,1-2H3. The summed E-state index contributed by atoms with van der Waals surface area (Å²) in [6, 6.07) is 3.86. The van der Waals surface area contributed by atoms with Crippen molar-refractivity contribution in [1.29, 1.82) is 0 Å². The van der Waals surface area contributed by atoms with Gasteiger partial charge in [-0.1, -0.05) is 13.8 Å². The molecule has 0 unspecified atom stereocenters. The maximum absolute atomic E-state index is 5.75. The number of hydrogen-bond donors (Lipinski definition) is 0. The fourth-order valence-electron chi connectivity index (χ4n) is 1.48. The lowest BCUT2D eigenvalue weighted by Gasteiger charge is -2.12. The molecule has 0 N–H and O–H groups in total. The third-order valence-corrected chi connectivity index (χ3v) is 2.31. The smallest absolute Gasteiger partial charge is 0.142 e. The molecule has 2 heterocycles. The van der Waals surface area contributed by atoms with Gasteiger partial charge in [-0.2, -0.15) is 0 Å². The van der Waals surface area contributed by atoms with Gasteiger partial charge in [0.05, 0.1) is 19.5 Å². The van der Waals surface area contributed by atoms with Crippen LogP contribution in [0.1, 0.15) is 19.5 Å². The van der Waals surface area contributed by atoms with Gasteiger partial charge in [-0.15, -0.1) is 0 Å². The third kappa shape index (κ3) is 3.31. The summed E-state index contributed by atoms with van der Waals surface area (Å²) in [5, 5.41) is 0. The fraction of sp³-hybridized carbons (Fsp3) is 0.385. The number of ether oxygens (including phenoxy) is 1. The minimum Gasteiger partial charge on any atom is -0.491 e. The maximum Gasteiger partial charge on any atom is 0.142 e. The first kappa shape index (κ1) is 11.6. The predicted octanol–water partition coefficient (Wildman–Crippen LogP) is 2.36. The van der Waals surface area contributed by atoms with Crippen LogP contribution in [-0.2, 0) is 6.54 Å². The van der Waals surface area contributed by atoms with E-state index in [2.05, 4.69) is 23.8 Å². The molecule has 0 aliphatic rings. The average Bonchev–Trinajstić information content (AvgIpc) is 2.80. The Balaban J connectivity index is 2.10. The molecule has 0 aliphatic heterocycles. The topological polar surface area (TPSA) is 39.9 Å². The van der Waals surface area contributed by atoms with Gasteiger partial charge < -0.3 is 9.30 Å². The number of rotatable bonds is 5. The van der Waals surface area contributed by atoms with Crippen LogP contribution in [0, 0.1) is 5.92 Å². The molecule has 0 aliphatic carbocycles. The molecule has 17 heavy (non-hydrogen) atoms. The lowest BCUT2D eigenvalue weighted by atomic mass is 10.2. The lowest BCUT2D eigenvalue weighted by Crippen LogP contribution is -2.08. The molecule has 2 aromatic heterocycles. The van der Waals surface area contributed by atoms with Gasteiger partial charge in [-0.05, 0) is 18.1 Å². The Labute approximate surface area is 101 Å². The molecule has 4 nitrogen and oxygen atoms in total. The first-order valence-electron chi connectivity index (χ1n) is 5.78. The van der Waals surface area contributed by atoms with Crippen molar-refractivity contribution in [3.8, 4) is 5.75 Å². The van der Waals surface area contributed by atoms with Crippen LogP contribution in [-0.4, -0.2) is 21.1 Å². The molecular formula is C13H17N3O. The fourth-order valence-corrected chi connectivity index (χ4v) is 1.48. The molecule has 0 spiro atoms. The van der Waals surface area contributed by atoms with Gasteiger partial charge in [0.15, 0.2) is 0 Å². The largest absolute Gasteiger partial charge is 0.491 e. The Kier molecular flexibility index (Phi) is 3.75. The van der Waals surface area contributed by atoms with Crippen molar-refractivity contribution < 1.29 is 4.74 Å². The van der Waals surface area contributed by atoms with E-state index in [0.717, 1.165) is 11.4 Å². The number of pyridine rings is 1. The van der Waals surface area contributed by atoms with Crippen molar-refractivity contribution in [3.05, 3.63) is 42.7 Å². The van der Waals surface area contributed by atoms with Crippen LogP contribution in [0.15, 0.2) is 37.1 Å². The highest BCUT2D eigenvalue weighted by molar-refractivity contribution is 5.27. The number of aromatic nitrogens is 3. The summed E-state index contributed by atoms with van der Waals surface area (Å²) in [6.45, 7) is 5.66. The molecule has 0 radical (unpaired) electrons. The zero-order valence-corrected chi connectivity index (χ0v) is 10.2. The molecule has 2 rings (SSSR count). The molecule has 0 atom stereocenters. The Hall–Kier alpha value is -1.84. The highest BCUT2D eigenvalue weighted by Gasteiger charge is 2.06. The van der Waals surface area contributed by atoms with Gasteiger partial charge in [0.25, 0.3) is 0 Å². The van der Waals surface area contributed by atoms with Crippen LogP contribution in [0.3, 0.4) is 0 Å². The summed E-state index contributed by atoms with van der Waals surface area (Å²) in [7, 11) is 0.